The molecule has 0 radical (unpaired) electrons. The third-order valence-electron chi connectivity index (χ3n) is 3.55. The normalized spacial score (nSPS) is 12.4. The van der Waals surface area contributed by atoms with Gasteiger partial charge in [0.25, 0.3) is 0 Å². The summed E-state index contributed by atoms with van der Waals surface area (Å²) >= 11 is 5.89. The maximum absolute atomic E-state index is 9.10. The van der Waals surface area contributed by atoms with Gasteiger partial charge >= 0.3 is 0 Å². The summed E-state index contributed by atoms with van der Waals surface area (Å²) in [4.78, 5) is 4.64. The maximum Gasteiger partial charge on any atom is 0.126 e. The zero-order valence-corrected chi connectivity index (χ0v) is 12.3. The molecule has 106 valence electrons. The third-order valence-corrected chi connectivity index (χ3v) is 3.74. The van der Waals surface area contributed by atoms with E-state index < -0.39 is 0 Å². The molecule has 2 aromatic heterocycles. The monoisotopic (exact) mass is 299 g/mol. The summed E-state index contributed by atoms with van der Waals surface area (Å²) in [5, 5.41) is 9.10. The Kier molecular flexibility index (Phi) is 3.68. The van der Waals surface area contributed by atoms with Crippen LogP contribution in [0.15, 0.2) is 41.0 Å². The number of nitriles is 1. The third kappa shape index (κ3) is 2.41. The first-order valence-corrected chi connectivity index (χ1v) is 7.28. The van der Waals surface area contributed by atoms with Crippen molar-refractivity contribution in [1.29, 1.82) is 5.26 Å². The topological polar surface area (TPSA) is 54.8 Å². The van der Waals surface area contributed by atoms with Crippen molar-refractivity contribution in [3.63, 3.8) is 0 Å². The molecule has 0 saturated heterocycles. The zero-order chi connectivity index (χ0) is 14.8. The van der Waals surface area contributed by atoms with Gasteiger partial charge in [-0.2, -0.15) is 5.26 Å². The van der Waals surface area contributed by atoms with Crippen LogP contribution in [0, 0.1) is 11.3 Å². The first-order valence-electron chi connectivity index (χ1n) is 6.75. The number of alkyl halides is 1. The molecule has 4 nitrogen and oxygen atoms in total. The van der Waals surface area contributed by atoms with Crippen molar-refractivity contribution in [3.8, 4) is 6.07 Å². The van der Waals surface area contributed by atoms with Crippen LogP contribution < -0.4 is 0 Å². The maximum atomic E-state index is 9.10. The lowest BCUT2D eigenvalue weighted by Gasteiger charge is -2.15. The van der Waals surface area contributed by atoms with Crippen LogP contribution in [0.4, 0.5) is 0 Å². The van der Waals surface area contributed by atoms with E-state index in [0.717, 1.165) is 22.6 Å². The number of nitrogens with zero attached hydrogens (tertiary/aromatic N) is 3. The number of aromatic nitrogens is 2. The smallest absolute Gasteiger partial charge is 0.126 e. The Hall–Kier alpha value is -2.25. The molecule has 1 atom stereocenters. The highest BCUT2D eigenvalue weighted by Crippen LogP contribution is 2.27. The Morgan fingerprint density at radius 2 is 2.29 bits per heavy atom. The quantitative estimate of drug-likeness (QED) is 0.687. The number of halogens is 1. The largest absolute Gasteiger partial charge is 0.467 e. The summed E-state index contributed by atoms with van der Waals surface area (Å²) in [6.45, 7) is 2.05. The Morgan fingerprint density at radius 1 is 1.43 bits per heavy atom. The fourth-order valence-corrected chi connectivity index (χ4v) is 2.73. The molecule has 0 fully saturated rings. The fraction of sp³-hybridized carbons (Fsp3) is 0.250. The van der Waals surface area contributed by atoms with Crippen molar-refractivity contribution < 1.29 is 4.42 Å². The van der Waals surface area contributed by atoms with E-state index in [9.17, 15) is 0 Å². The van der Waals surface area contributed by atoms with Crippen LogP contribution in [0.5, 0.6) is 0 Å². The summed E-state index contributed by atoms with van der Waals surface area (Å²) in [5.74, 6) is 2.26. The lowest BCUT2D eigenvalue weighted by molar-refractivity contribution is 0.445. The summed E-state index contributed by atoms with van der Waals surface area (Å²) < 4.78 is 7.61. The Morgan fingerprint density at radius 3 is 2.95 bits per heavy atom. The van der Waals surface area contributed by atoms with Gasteiger partial charge in [0.05, 0.1) is 35.0 Å². The molecule has 2 heterocycles. The number of fused-ring (bicyclic) bond motifs is 1. The lowest BCUT2D eigenvalue weighted by Crippen LogP contribution is -2.10. The van der Waals surface area contributed by atoms with Gasteiger partial charge in [-0.25, -0.2) is 4.98 Å². The standard InChI is InChI=1S/C16H14ClN3O/c1-11(15-3-2-8-21-15)20-14-9-12(10-18)4-5-13(14)19-16(20)6-7-17/h2-5,8-9,11H,6-7H2,1H3. The lowest BCUT2D eigenvalue weighted by atomic mass is 10.2. The van der Waals surface area contributed by atoms with Crippen molar-refractivity contribution in [2.45, 2.75) is 19.4 Å². The van der Waals surface area contributed by atoms with Crippen LogP contribution in [-0.4, -0.2) is 15.4 Å². The van der Waals surface area contributed by atoms with E-state index in [1.165, 1.54) is 0 Å². The van der Waals surface area contributed by atoms with E-state index in [1.54, 1.807) is 12.3 Å². The van der Waals surface area contributed by atoms with Gasteiger partial charge in [-0.05, 0) is 37.3 Å². The molecule has 5 heteroatoms. The van der Waals surface area contributed by atoms with Crippen LogP contribution >= 0.6 is 11.6 Å². The number of imidazole rings is 1. The van der Waals surface area contributed by atoms with Crippen LogP contribution in [0.25, 0.3) is 11.0 Å². The van der Waals surface area contributed by atoms with Crippen molar-refractivity contribution >= 4 is 22.6 Å². The Balaban J connectivity index is 2.21. The van der Waals surface area contributed by atoms with Gasteiger partial charge in [-0.15, -0.1) is 11.6 Å². The summed E-state index contributed by atoms with van der Waals surface area (Å²) in [5.41, 5.74) is 2.42. The molecule has 0 amide bonds. The number of hydrogen-bond donors (Lipinski definition) is 0. The molecule has 0 N–H and O–H groups in total. The van der Waals surface area contributed by atoms with E-state index in [2.05, 4.69) is 22.5 Å². The molecule has 0 spiro atoms. The van der Waals surface area contributed by atoms with Gasteiger partial charge in [0.2, 0.25) is 0 Å². The number of rotatable bonds is 4. The number of hydrogen-bond acceptors (Lipinski definition) is 3. The van der Waals surface area contributed by atoms with Crippen LogP contribution in [-0.2, 0) is 6.42 Å². The molecule has 3 aromatic rings. The van der Waals surface area contributed by atoms with Crippen molar-refractivity contribution in [1.82, 2.24) is 9.55 Å². The van der Waals surface area contributed by atoms with E-state index in [4.69, 9.17) is 21.3 Å². The van der Waals surface area contributed by atoms with E-state index in [1.807, 2.05) is 24.3 Å². The molecular weight excluding hydrogens is 286 g/mol. The highest BCUT2D eigenvalue weighted by molar-refractivity contribution is 6.17. The molecule has 0 saturated carbocycles. The summed E-state index contributed by atoms with van der Waals surface area (Å²) in [6, 6.07) is 11.5. The van der Waals surface area contributed by atoms with Gasteiger partial charge in [0, 0.05) is 12.3 Å². The molecule has 21 heavy (non-hydrogen) atoms. The zero-order valence-electron chi connectivity index (χ0n) is 11.6. The Bertz CT molecular complexity index is 799. The van der Waals surface area contributed by atoms with Crippen molar-refractivity contribution in [2.75, 3.05) is 5.88 Å². The van der Waals surface area contributed by atoms with Crippen LogP contribution in [0.3, 0.4) is 0 Å². The first-order chi connectivity index (χ1) is 10.2. The first kappa shape index (κ1) is 13.7. The molecule has 3 rings (SSSR count). The second kappa shape index (κ2) is 5.63. The predicted molar refractivity (Wildman–Crippen MR) is 81.4 cm³/mol. The van der Waals surface area contributed by atoms with Gasteiger partial charge in [-0.3, -0.25) is 0 Å². The molecule has 1 aromatic carbocycles. The minimum Gasteiger partial charge on any atom is -0.467 e. The number of furan rings is 1. The number of benzene rings is 1. The van der Waals surface area contributed by atoms with Gasteiger partial charge < -0.3 is 8.98 Å². The van der Waals surface area contributed by atoms with Crippen molar-refractivity contribution in [3.05, 3.63) is 53.7 Å². The SMILES string of the molecule is CC(c1ccco1)n1c(CCCl)nc2ccc(C#N)cc21. The fourth-order valence-electron chi connectivity index (χ4n) is 2.56. The van der Waals surface area contributed by atoms with Gasteiger partial charge in [0.1, 0.15) is 11.6 Å². The highest BCUT2D eigenvalue weighted by Gasteiger charge is 2.19. The number of aryl methyl sites for hydroxylation is 1. The second-order valence-electron chi connectivity index (χ2n) is 4.84. The van der Waals surface area contributed by atoms with E-state index in [0.29, 0.717) is 17.9 Å². The minimum absolute atomic E-state index is 0.00263. The average Bonchev–Trinajstić information content (AvgIpc) is 3.13. The highest BCUT2D eigenvalue weighted by atomic mass is 35.5. The average molecular weight is 300 g/mol. The van der Waals surface area contributed by atoms with Gasteiger partial charge in [0.15, 0.2) is 0 Å². The van der Waals surface area contributed by atoms with E-state index in [-0.39, 0.29) is 6.04 Å². The van der Waals surface area contributed by atoms with Crippen molar-refractivity contribution in [2.24, 2.45) is 0 Å². The predicted octanol–water partition coefficient (Wildman–Crippen LogP) is 3.89. The summed E-state index contributed by atoms with van der Waals surface area (Å²) in [7, 11) is 0. The molecule has 0 bridgehead atoms. The van der Waals surface area contributed by atoms with E-state index >= 15 is 0 Å². The molecule has 0 aliphatic rings. The van der Waals surface area contributed by atoms with Gasteiger partial charge in [-0.1, -0.05) is 0 Å². The summed E-state index contributed by atoms with van der Waals surface area (Å²) in [6.07, 6.45) is 2.33. The molecule has 1 unspecified atom stereocenters. The van der Waals surface area contributed by atoms with Crippen LogP contribution in [0.2, 0.25) is 0 Å². The second-order valence-corrected chi connectivity index (χ2v) is 5.22. The molecular formula is C16H14ClN3O. The molecule has 0 aliphatic carbocycles. The Labute approximate surface area is 127 Å². The van der Waals surface area contributed by atoms with Crippen LogP contribution in [0.1, 0.15) is 30.1 Å². The molecule has 0 aliphatic heterocycles. The minimum atomic E-state index is -0.00263.